The molecule has 2 atom stereocenters. The highest BCUT2D eigenvalue weighted by atomic mass is 32.1. The molecule has 23 heavy (non-hydrogen) atoms. The van der Waals surface area contributed by atoms with Crippen LogP contribution in [-0.4, -0.2) is 52.9 Å². The fourth-order valence-electron chi connectivity index (χ4n) is 3.78. The topological polar surface area (TPSA) is 36.4 Å². The molecule has 0 N–H and O–H groups in total. The van der Waals surface area contributed by atoms with Crippen LogP contribution in [0.25, 0.3) is 0 Å². The Morgan fingerprint density at radius 2 is 2.09 bits per heavy atom. The number of nitrogens with zero attached hydrogens (tertiary/aromatic N) is 3. The molecule has 2 unspecified atom stereocenters. The first-order valence-electron chi connectivity index (χ1n) is 8.27. The van der Waals surface area contributed by atoms with E-state index >= 15 is 0 Å². The molecular formula is C18H21N3OS. The van der Waals surface area contributed by atoms with E-state index in [1.54, 1.807) is 5.51 Å². The van der Waals surface area contributed by atoms with Crippen molar-refractivity contribution < 1.29 is 4.79 Å². The summed E-state index contributed by atoms with van der Waals surface area (Å²) in [7, 11) is 0. The Bertz CT molecular complexity index is 658. The van der Waals surface area contributed by atoms with Gasteiger partial charge in [0.15, 0.2) is 0 Å². The summed E-state index contributed by atoms with van der Waals surface area (Å²) >= 11 is 1.48. The van der Waals surface area contributed by atoms with Crippen LogP contribution in [0.3, 0.4) is 0 Å². The lowest BCUT2D eigenvalue weighted by molar-refractivity contribution is 0.0505. The lowest BCUT2D eigenvalue weighted by Crippen LogP contribution is -2.55. The zero-order valence-electron chi connectivity index (χ0n) is 13.1. The number of benzene rings is 1. The Hall–Kier alpha value is -1.72. The molecule has 2 fully saturated rings. The van der Waals surface area contributed by atoms with Gasteiger partial charge < -0.3 is 4.90 Å². The summed E-state index contributed by atoms with van der Waals surface area (Å²) in [6.45, 7) is 4.04. The number of fused-ring (bicyclic) bond motifs is 1. The summed E-state index contributed by atoms with van der Waals surface area (Å²) in [5.41, 5.74) is 3.75. The van der Waals surface area contributed by atoms with Crippen molar-refractivity contribution >= 4 is 17.2 Å². The van der Waals surface area contributed by atoms with E-state index in [1.807, 2.05) is 10.3 Å². The standard InChI is InChI=1S/C18H21N3OS/c22-18(16-12-23-13-19-16)21-10-15-9-20(17(15)11-21)8-4-7-14-5-2-1-3-6-14/h1-3,5-6,12-13,15,17H,4,7-11H2. The molecule has 1 aromatic heterocycles. The van der Waals surface area contributed by atoms with Crippen molar-refractivity contribution in [2.45, 2.75) is 18.9 Å². The van der Waals surface area contributed by atoms with Crippen molar-refractivity contribution in [3.63, 3.8) is 0 Å². The van der Waals surface area contributed by atoms with E-state index < -0.39 is 0 Å². The van der Waals surface area contributed by atoms with Crippen molar-refractivity contribution in [1.29, 1.82) is 0 Å². The maximum absolute atomic E-state index is 12.4. The van der Waals surface area contributed by atoms with Gasteiger partial charge in [-0.05, 0) is 24.9 Å². The number of thiazole rings is 1. The number of rotatable bonds is 5. The quantitative estimate of drug-likeness (QED) is 0.847. The highest BCUT2D eigenvalue weighted by Crippen LogP contribution is 2.33. The fourth-order valence-corrected chi connectivity index (χ4v) is 4.31. The van der Waals surface area contributed by atoms with Gasteiger partial charge in [0.1, 0.15) is 5.69 Å². The van der Waals surface area contributed by atoms with Crippen LogP contribution in [0.15, 0.2) is 41.2 Å². The number of aromatic nitrogens is 1. The maximum atomic E-state index is 12.4. The number of carbonyl (C=O) groups excluding carboxylic acids is 1. The van der Waals surface area contributed by atoms with Crippen LogP contribution in [0.1, 0.15) is 22.5 Å². The Morgan fingerprint density at radius 1 is 1.22 bits per heavy atom. The van der Waals surface area contributed by atoms with Crippen molar-refractivity contribution in [2.75, 3.05) is 26.2 Å². The van der Waals surface area contributed by atoms with E-state index in [4.69, 9.17) is 0 Å². The normalized spacial score (nSPS) is 23.6. The maximum Gasteiger partial charge on any atom is 0.273 e. The molecule has 0 spiro atoms. The number of hydrogen-bond acceptors (Lipinski definition) is 4. The van der Waals surface area contributed by atoms with Crippen molar-refractivity contribution in [1.82, 2.24) is 14.8 Å². The van der Waals surface area contributed by atoms with E-state index in [2.05, 4.69) is 40.2 Å². The van der Waals surface area contributed by atoms with E-state index in [1.165, 1.54) is 23.3 Å². The number of amides is 1. The lowest BCUT2D eigenvalue weighted by atomic mass is 9.91. The number of aryl methyl sites for hydroxylation is 1. The van der Waals surface area contributed by atoms with Gasteiger partial charge in [-0.1, -0.05) is 30.3 Å². The molecule has 0 aliphatic carbocycles. The molecule has 0 bridgehead atoms. The van der Waals surface area contributed by atoms with Crippen LogP contribution in [0.2, 0.25) is 0 Å². The van der Waals surface area contributed by atoms with E-state index in [0.29, 0.717) is 17.7 Å². The fraction of sp³-hybridized carbons (Fsp3) is 0.444. The van der Waals surface area contributed by atoms with Crippen molar-refractivity contribution in [3.8, 4) is 0 Å². The van der Waals surface area contributed by atoms with Crippen LogP contribution in [0.4, 0.5) is 0 Å². The number of hydrogen-bond donors (Lipinski definition) is 0. The minimum Gasteiger partial charge on any atom is -0.335 e. The molecule has 2 aliphatic rings. The third kappa shape index (κ3) is 3.03. The third-order valence-corrected chi connectivity index (χ3v) is 5.62. The molecule has 1 aromatic carbocycles. The molecule has 4 nitrogen and oxygen atoms in total. The van der Waals surface area contributed by atoms with Gasteiger partial charge >= 0.3 is 0 Å². The molecule has 4 rings (SSSR count). The first kappa shape index (κ1) is 14.8. The molecule has 5 heteroatoms. The minimum absolute atomic E-state index is 0.102. The molecule has 2 aliphatic heterocycles. The van der Waals surface area contributed by atoms with Gasteiger partial charge in [0.2, 0.25) is 0 Å². The Morgan fingerprint density at radius 3 is 2.87 bits per heavy atom. The smallest absolute Gasteiger partial charge is 0.273 e. The molecule has 2 saturated heterocycles. The summed E-state index contributed by atoms with van der Waals surface area (Å²) < 4.78 is 0. The van der Waals surface area contributed by atoms with Crippen molar-refractivity contribution in [2.24, 2.45) is 5.92 Å². The highest BCUT2D eigenvalue weighted by molar-refractivity contribution is 7.07. The number of carbonyl (C=O) groups is 1. The van der Waals surface area contributed by atoms with Gasteiger partial charge in [0.05, 0.1) is 5.51 Å². The Kier molecular flexibility index (Phi) is 4.14. The molecule has 1 amide bonds. The third-order valence-electron chi connectivity index (χ3n) is 5.04. The summed E-state index contributed by atoms with van der Waals surface area (Å²) in [6, 6.07) is 11.2. The second-order valence-electron chi connectivity index (χ2n) is 6.50. The van der Waals surface area contributed by atoms with Gasteiger partial charge in [-0.3, -0.25) is 9.69 Å². The molecule has 0 saturated carbocycles. The van der Waals surface area contributed by atoms with Crippen molar-refractivity contribution in [3.05, 3.63) is 52.5 Å². The average molecular weight is 327 g/mol. The molecule has 120 valence electrons. The molecule has 0 radical (unpaired) electrons. The Labute approximate surface area is 140 Å². The monoisotopic (exact) mass is 327 g/mol. The summed E-state index contributed by atoms with van der Waals surface area (Å²) in [6.07, 6.45) is 2.32. The van der Waals surface area contributed by atoms with Gasteiger partial charge in [-0.2, -0.15) is 0 Å². The SMILES string of the molecule is O=C(c1cscn1)N1CC2CN(CCCc3ccccc3)C2C1. The second kappa shape index (κ2) is 6.42. The summed E-state index contributed by atoms with van der Waals surface area (Å²) in [5.74, 6) is 0.763. The predicted molar refractivity (Wildman–Crippen MR) is 91.6 cm³/mol. The van der Waals surface area contributed by atoms with Gasteiger partial charge in [-0.15, -0.1) is 11.3 Å². The zero-order chi connectivity index (χ0) is 15.6. The largest absolute Gasteiger partial charge is 0.335 e. The summed E-state index contributed by atoms with van der Waals surface area (Å²) in [4.78, 5) is 21.1. The lowest BCUT2D eigenvalue weighted by Gasteiger charge is -2.43. The van der Waals surface area contributed by atoms with Crippen LogP contribution >= 0.6 is 11.3 Å². The van der Waals surface area contributed by atoms with Crippen LogP contribution in [-0.2, 0) is 6.42 Å². The summed E-state index contributed by atoms with van der Waals surface area (Å²) in [5, 5.41) is 1.85. The first-order valence-corrected chi connectivity index (χ1v) is 9.21. The predicted octanol–water partition coefficient (Wildman–Crippen LogP) is 2.53. The second-order valence-corrected chi connectivity index (χ2v) is 7.21. The molecular weight excluding hydrogens is 306 g/mol. The van der Waals surface area contributed by atoms with Gasteiger partial charge in [0, 0.05) is 37.0 Å². The Balaban J connectivity index is 1.26. The zero-order valence-corrected chi connectivity index (χ0v) is 13.9. The van der Waals surface area contributed by atoms with Gasteiger partial charge in [0.25, 0.3) is 5.91 Å². The van der Waals surface area contributed by atoms with Crippen LogP contribution in [0.5, 0.6) is 0 Å². The van der Waals surface area contributed by atoms with E-state index in [0.717, 1.165) is 32.6 Å². The van der Waals surface area contributed by atoms with Gasteiger partial charge in [-0.25, -0.2) is 4.98 Å². The first-order chi connectivity index (χ1) is 11.3. The van der Waals surface area contributed by atoms with Crippen LogP contribution < -0.4 is 0 Å². The van der Waals surface area contributed by atoms with E-state index in [9.17, 15) is 4.79 Å². The molecule has 2 aromatic rings. The highest BCUT2D eigenvalue weighted by Gasteiger charge is 2.46. The number of likely N-dealkylation sites (tertiary alicyclic amines) is 2. The minimum atomic E-state index is 0.102. The molecule has 3 heterocycles. The van der Waals surface area contributed by atoms with Crippen LogP contribution in [0, 0.1) is 5.92 Å². The van der Waals surface area contributed by atoms with E-state index in [-0.39, 0.29) is 5.91 Å². The average Bonchev–Trinajstić information content (AvgIpc) is 3.20.